The van der Waals surface area contributed by atoms with Gasteiger partial charge in [-0.3, -0.25) is 0 Å². The predicted molar refractivity (Wildman–Crippen MR) is 102 cm³/mol. The van der Waals surface area contributed by atoms with Crippen molar-refractivity contribution in [1.82, 2.24) is 20.6 Å². The van der Waals surface area contributed by atoms with Crippen molar-refractivity contribution >= 4 is 23.4 Å². The molecule has 2 N–H and O–H groups in total. The topological polar surface area (TPSA) is 65.4 Å². The molecule has 0 saturated carbocycles. The molecular formula is C18H22ClFN6. The van der Waals surface area contributed by atoms with Crippen molar-refractivity contribution in [3.63, 3.8) is 0 Å². The number of aliphatic imine (C=N–C) groups is 1. The first-order chi connectivity index (χ1) is 12.7. The molecule has 1 fully saturated rings. The van der Waals surface area contributed by atoms with Crippen LogP contribution in [0.25, 0.3) is 0 Å². The number of nitrogens with one attached hydrogen (secondary N) is 2. The molecule has 0 aliphatic carbocycles. The van der Waals surface area contributed by atoms with Gasteiger partial charge in [0.05, 0.1) is 6.54 Å². The lowest BCUT2D eigenvalue weighted by molar-refractivity contribution is 0.612. The molecule has 3 heterocycles. The highest BCUT2D eigenvalue weighted by molar-refractivity contribution is 6.29. The fraction of sp³-hybridized carbons (Fsp3) is 0.389. The Kier molecular flexibility index (Phi) is 6.22. The van der Waals surface area contributed by atoms with Crippen molar-refractivity contribution in [2.24, 2.45) is 4.99 Å². The number of hydrogen-bond donors (Lipinski definition) is 2. The lowest BCUT2D eigenvalue weighted by Crippen LogP contribution is -2.44. The molecule has 3 rings (SSSR count). The first-order valence-corrected chi connectivity index (χ1v) is 9.04. The molecule has 26 heavy (non-hydrogen) atoms. The molecule has 2 aromatic rings. The summed E-state index contributed by atoms with van der Waals surface area (Å²) in [5, 5.41) is 7.13. The zero-order valence-electron chi connectivity index (χ0n) is 14.6. The number of halogens is 2. The van der Waals surface area contributed by atoms with E-state index in [0.29, 0.717) is 24.1 Å². The Bertz CT molecular complexity index is 752. The summed E-state index contributed by atoms with van der Waals surface area (Å²) in [6, 6.07) is 6.88. The van der Waals surface area contributed by atoms with Crippen LogP contribution in [0.15, 0.2) is 41.7 Å². The standard InChI is InChI=1S/C18H22ClFN6/c1-2-21-18(24-11-13-5-6-16(19)23-10-13)25-14-7-9-26(12-14)17-15(20)4-3-8-22-17/h3-6,8,10,14H,2,7,9,11-12H2,1H3,(H2,21,24,25). The molecule has 0 aromatic carbocycles. The Labute approximate surface area is 157 Å². The zero-order valence-corrected chi connectivity index (χ0v) is 15.4. The number of aromatic nitrogens is 2. The van der Waals surface area contributed by atoms with Gasteiger partial charge in [-0.05, 0) is 37.1 Å². The van der Waals surface area contributed by atoms with Crippen LogP contribution < -0.4 is 15.5 Å². The van der Waals surface area contributed by atoms with E-state index >= 15 is 0 Å². The fourth-order valence-electron chi connectivity index (χ4n) is 2.86. The van der Waals surface area contributed by atoms with Crippen LogP contribution in [0.5, 0.6) is 0 Å². The lowest BCUT2D eigenvalue weighted by Gasteiger charge is -2.19. The van der Waals surface area contributed by atoms with Gasteiger partial charge in [0.25, 0.3) is 0 Å². The van der Waals surface area contributed by atoms with Gasteiger partial charge in [0, 0.05) is 38.1 Å². The molecule has 138 valence electrons. The molecule has 0 amide bonds. The molecule has 6 nitrogen and oxygen atoms in total. The Hall–Kier alpha value is -2.41. The van der Waals surface area contributed by atoms with Crippen LogP contribution in [-0.4, -0.2) is 41.6 Å². The van der Waals surface area contributed by atoms with Crippen LogP contribution in [-0.2, 0) is 6.54 Å². The van der Waals surface area contributed by atoms with Crippen LogP contribution in [0.4, 0.5) is 10.2 Å². The highest BCUT2D eigenvalue weighted by atomic mass is 35.5. The van der Waals surface area contributed by atoms with Crippen molar-refractivity contribution < 1.29 is 4.39 Å². The second-order valence-corrected chi connectivity index (χ2v) is 6.46. The largest absolute Gasteiger partial charge is 0.357 e. The van der Waals surface area contributed by atoms with Gasteiger partial charge < -0.3 is 15.5 Å². The van der Waals surface area contributed by atoms with E-state index in [4.69, 9.17) is 11.6 Å². The van der Waals surface area contributed by atoms with E-state index in [9.17, 15) is 4.39 Å². The highest BCUT2D eigenvalue weighted by Gasteiger charge is 2.25. The number of rotatable bonds is 5. The number of pyridine rings is 2. The summed E-state index contributed by atoms with van der Waals surface area (Å²) in [4.78, 5) is 14.8. The Morgan fingerprint density at radius 2 is 2.27 bits per heavy atom. The summed E-state index contributed by atoms with van der Waals surface area (Å²) < 4.78 is 13.9. The average Bonchev–Trinajstić information content (AvgIpc) is 3.10. The number of hydrogen-bond acceptors (Lipinski definition) is 4. The summed E-state index contributed by atoms with van der Waals surface area (Å²) in [5.41, 5.74) is 0.982. The Morgan fingerprint density at radius 3 is 3.00 bits per heavy atom. The van der Waals surface area contributed by atoms with Gasteiger partial charge in [0.1, 0.15) is 5.15 Å². The average molecular weight is 377 g/mol. The van der Waals surface area contributed by atoms with Crippen LogP contribution >= 0.6 is 11.6 Å². The minimum atomic E-state index is -0.288. The van der Waals surface area contributed by atoms with Gasteiger partial charge in [-0.1, -0.05) is 17.7 Å². The first-order valence-electron chi connectivity index (χ1n) is 8.66. The van der Waals surface area contributed by atoms with Crippen LogP contribution in [0, 0.1) is 5.82 Å². The molecule has 0 spiro atoms. The quantitative estimate of drug-likeness (QED) is 0.477. The van der Waals surface area contributed by atoms with Gasteiger partial charge >= 0.3 is 0 Å². The molecule has 0 bridgehead atoms. The van der Waals surface area contributed by atoms with Crippen molar-refractivity contribution in [2.75, 3.05) is 24.5 Å². The third kappa shape index (κ3) is 4.82. The summed E-state index contributed by atoms with van der Waals surface area (Å²) in [5.74, 6) is 0.853. The molecule has 0 radical (unpaired) electrons. The summed E-state index contributed by atoms with van der Waals surface area (Å²) in [6.45, 7) is 4.72. The van der Waals surface area contributed by atoms with E-state index in [-0.39, 0.29) is 11.9 Å². The van der Waals surface area contributed by atoms with Gasteiger partial charge in [-0.15, -0.1) is 0 Å². The highest BCUT2D eigenvalue weighted by Crippen LogP contribution is 2.20. The van der Waals surface area contributed by atoms with Crippen molar-refractivity contribution in [1.29, 1.82) is 0 Å². The van der Waals surface area contributed by atoms with Crippen molar-refractivity contribution in [2.45, 2.75) is 25.9 Å². The molecular weight excluding hydrogens is 355 g/mol. The minimum Gasteiger partial charge on any atom is -0.357 e. The van der Waals surface area contributed by atoms with E-state index in [2.05, 4.69) is 25.6 Å². The Balaban J connectivity index is 1.60. The number of guanidine groups is 1. The smallest absolute Gasteiger partial charge is 0.191 e. The zero-order chi connectivity index (χ0) is 18.4. The van der Waals surface area contributed by atoms with E-state index in [1.165, 1.54) is 6.07 Å². The van der Waals surface area contributed by atoms with Crippen LogP contribution in [0.1, 0.15) is 18.9 Å². The minimum absolute atomic E-state index is 0.178. The fourth-order valence-corrected chi connectivity index (χ4v) is 2.98. The van der Waals surface area contributed by atoms with Gasteiger partial charge in [-0.25, -0.2) is 19.4 Å². The van der Waals surface area contributed by atoms with E-state index in [0.717, 1.165) is 31.0 Å². The van der Waals surface area contributed by atoms with Crippen molar-refractivity contribution in [3.8, 4) is 0 Å². The maximum absolute atomic E-state index is 13.9. The normalized spacial score (nSPS) is 17.4. The second-order valence-electron chi connectivity index (χ2n) is 6.07. The number of anilines is 1. The van der Waals surface area contributed by atoms with Crippen LogP contribution in [0.2, 0.25) is 5.15 Å². The third-order valence-corrected chi connectivity index (χ3v) is 4.34. The molecule has 1 aliphatic heterocycles. The van der Waals surface area contributed by atoms with E-state index in [1.54, 1.807) is 24.5 Å². The lowest BCUT2D eigenvalue weighted by atomic mass is 10.2. The third-order valence-electron chi connectivity index (χ3n) is 4.12. The predicted octanol–water partition coefficient (Wildman–Crippen LogP) is 2.60. The molecule has 1 aliphatic rings. The van der Waals surface area contributed by atoms with Gasteiger partial charge in [0.2, 0.25) is 0 Å². The van der Waals surface area contributed by atoms with E-state index in [1.807, 2.05) is 17.9 Å². The molecule has 1 saturated heterocycles. The van der Waals surface area contributed by atoms with Crippen molar-refractivity contribution in [3.05, 3.63) is 53.2 Å². The first kappa shape index (κ1) is 18.4. The SMILES string of the molecule is CCNC(=NCc1ccc(Cl)nc1)NC1CCN(c2ncccc2F)C1. The second kappa shape index (κ2) is 8.80. The monoisotopic (exact) mass is 376 g/mol. The van der Waals surface area contributed by atoms with E-state index < -0.39 is 0 Å². The van der Waals surface area contributed by atoms with Crippen LogP contribution in [0.3, 0.4) is 0 Å². The molecule has 1 atom stereocenters. The Morgan fingerprint density at radius 1 is 1.38 bits per heavy atom. The van der Waals surface area contributed by atoms with Gasteiger partial charge in [0.15, 0.2) is 17.6 Å². The molecule has 8 heteroatoms. The van der Waals surface area contributed by atoms with Gasteiger partial charge in [-0.2, -0.15) is 0 Å². The summed E-state index contributed by atoms with van der Waals surface area (Å²) in [7, 11) is 0. The summed E-state index contributed by atoms with van der Waals surface area (Å²) in [6.07, 6.45) is 4.23. The molecule has 2 aromatic heterocycles. The summed E-state index contributed by atoms with van der Waals surface area (Å²) >= 11 is 5.80. The maximum atomic E-state index is 13.9. The number of nitrogens with zero attached hydrogens (tertiary/aromatic N) is 4. The molecule has 1 unspecified atom stereocenters. The maximum Gasteiger partial charge on any atom is 0.191 e.